The largest absolute Gasteiger partial charge is 0.476 e. The van der Waals surface area contributed by atoms with Crippen LogP contribution in [0.2, 0.25) is 0 Å². The number of rotatable bonds is 2. The summed E-state index contributed by atoms with van der Waals surface area (Å²) in [5.41, 5.74) is -0.00325. The molecule has 0 aliphatic carbocycles. The molecule has 14 heavy (non-hydrogen) atoms. The van der Waals surface area contributed by atoms with Crippen molar-refractivity contribution in [1.29, 1.82) is 0 Å². The zero-order valence-electron chi connectivity index (χ0n) is 7.59. The van der Waals surface area contributed by atoms with Gasteiger partial charge in [0, 0.05) is 13.2 Å². The molecule has 0 spiro atoms. The number of aromatic carboxylic acids is 1. The molecule has 0 unspecified atom stereocenters. The van der Waals surface area contributed by atoms with Gasteiger partial charge in [-0.2, -0.15) is 9.90 Å². The number of carboxylic acids is 1. The molecule has 6 nitrogen and oxygen atoms in total. The monoisotopic (exact) mass is 197 g/mol. The highest BCUT2D eigenvalue weighted by atomic mass is 16.5. The Bertz CT molecular complexity index is 330. The molecule has 1 aliphatic rings. The van der Waals surface area contributed by atoms with Crippen LogP contribution >= 0.6 is 0 Å². The van der Waals surface area contributed by atoms with Gasteiger partial charge in [-0.1, -0.05) is 0 Å². The SMILES string of the molecule is O=C(O)c1cnn(C2CCOCC2)n1. The van der Waals surface area contributed by atoms with Crippen LogP contribution in [0.1, 0.15) is 29.4 Å². The van der Waals surface area contributed by atoms with Crippen molar-refractivity contribution in [1.82, 2.24) is 15.0 Å². The molecule has 1 aliphatic heterocycles. The quantitative estimate of drug-likeness (QED) is 0.739. The summed E-state index contributed by atoms with van der Waals surface area (Å²) in [5.74, 6) is -1.04. The molecular formula is C8H11N3O3. The second-order valence-corrected chi connectivity index (χ2v) is 3.20. The highest BCUT2D eigenvalue weighted by Gasteiger charge is 2.19. The van der Waals surface area contributed by atoms with Gasteiger partial charge in [0.2, 0.25) is 0 Å². The molecule has 0 atom stereocenters. The Morgan fingerprint density at radius 2 is 2.29 bits per heavy atom. The number of nitrogens with zero attached hydrogens (tertiary/aromatic N) is 3. The third-order valence-corrected chi connectivity index (χ3v) is 2.25. The van der Waals surface area contributed by atoms with Crippen LogP contribution in [0.4, 0.5) is 0 Å². The fourth-order valence-electron chi connectivity index (χ4n) is 1.47. The number of carbonyl (C=O) groups is 1. The first-order valence-corrected chi connectivity index (χ1v) is 4.50. The van der Waals surface area contributed by atoms with Crippen molar-refractivity contribution in [2.45, 2.75) is 18.9 Å². The predicted molar refractivity (Wildman–Crippen MR) is 46.1 cm³/mol. The van der Waals surface area contributed by atoms with Crippen molar-refractivity contribution in [3.8, 4) is 0 Å². The Morgan fingerprint density at radius 1 is 1.57 bits per heavy atom. The molecule has 1 aromatic rings. The normalized spacial score (nSPS) is 18.3. The Morgan fingerprint density at radius 3 is 2.86 bits per heavy atom. The Balaban J connectivity index is 2.11. The van der Waals surface area contributed by atoms with Gasteiger partial charge < -0.3 is 9.84 Å². The van der Waals surface area contributed by atoms with Crippen LogP contribution in [-0.4, -0.2) is 39.3 Å². The van der Waals surface area contributed by atoms with E-state index in [0.29, 0.717) is 13.2 Å². The molecule has 0 aromatic carbocycles. The number of aromatic nitrogens is 3. The number of ether oxygens (including phenoxy) is 1. The zero-order valence-corrected chi connectivity index (χ0v) is 7.59. The molecule has 1 saturated heterocycles. The number of hydrogen-bond donors (Lipinski definition) is 1. The van der Waals surface area contributed by atoms with Crippen LogP contribution in [0.15, 0.2) is 6.20 Å². The second-order valence-electron chi connectivity index (χ2n) is 3.20. The Labute approximate surface area is 80.5 Å². The van der Waals surface area contributed by atoms with E-state index >= 15 is 0 Å². The van der Waals surface area contributed by atoms with Crippen molar-refractivity contribution < 1.29 is 14.6 Å². The fraction of sp³-hybridized carbons (Fsp3) is 0.625. The van der Waals surface area contributed by atoms with Gasteiger partial charge in [0.05, 0.1) is 12.2 Å². The van der Waals surface area contributed by atoms with Crippen LogP contribution in [0, 0.1) is 0 Å². The molecule has 1 aromatic heterocycles. The van der Waals surface area contributed by atoms with Gasteiger partial charge in [0.15, 0.2) is 5.69 Å². The van der Waals surface area contributed by atoms with Crippen LogP contribution in [0.5, 0.6) is 0 Å². The number of hydrogen-bond acceptors (Lipinski definition) is 4. The maximum Gasteiger partial charge on any atom is 0.358 e. The molecule has 0 radical (unpaired) electrons. The maximum atomic E-state index is 10.6. The predicted octanol–water partition coefficient (Wildman–Crippen LogP) is 0.328. The first-order valence-electron chi connectivity index (χ1n) is 4.50. The van der Waals surface area contributed by atoms with Gasteiger partial charge in [-0.15, -0.1) is 5.10 Å². The second kappa shape index (κ2) is 3.75. The summed E-state index contributed by atoms with van der Waals surface area (Å²) in [6.45, 7) is 1.38. The van der Waals surface area contributed by atoms with E-state index in [0.717, 1.165) is 12.8 Å². The number of carboxylic acid groups (broad SMARTS) is 1. The lowest BCUT2D eigenvalue weighted by Crippen LogP contribution is -2.21. The topological polar surface area (TPSA) is 77.2 Å². The van der Waals surface area contributed by atoms with E-state index in [1.54, 1.807) is 0 Å². The van der Waals surface area contributed by atoms with Gasteiger partial charge in [-0.3, -0.25) is 0 Å². The van der Waals surface area contributed by atoms with Gasteiger partial charge in [-0.05, 0) is 12.8 Å². The van der Waals surface area contributed by atoms with E-state index in [-0.39, 0.29) is 11.7 Å². The zero-order chi connectivity index (χ0) is 9.97. The first-order chi connectivity index (χ1) is 6.77. The van der Waals surface area contributed by atoms with Gasteiger partial charge in [0.1, 0.15) is 0 Å². The summed E-state index contributed by atoms with van der Waals surface area (Å²) in [6, 6.07) is 0.178. The molecule has 0 saturated carbocycles. The molecule has 76 valence electrons. The Kier molecular flexibility index (Phi) is 2.45. The van der Waals surface area contributed by atoms with E-state index in [4.69, 9.17) is 9.84 Å². The summed E-state index contributed by atoms with van der Waals surface area (Å²) >= 11 is 0. The third kappa shape index (κ3) is 1.74. The lowest BCUT2D eigenvalue weighted by Gasteiger charge is -2.20. The summed E-state index contributed by atoms with van der Waals surface area (Å²) < 4.78 is 5.19. The maximum absolute atomic E-state index is 10.6. The highest BCUT2D eigenvalue weighted by Crippen LogP contribution is 2.18. The molecule has 1 fully saturated rings. The molecular weight excluding hydrogens is 186 g/mol. The van der Waals surface area contributed by atoms with Crippen molar-refractivity contribution >= 4 is 5.97 Å². The van der Waals surface area contributed by atoms with Crippen molar-refractivity contribution in [2.75, 3.05) is 13.2 Å². The van der Waals surface area contributed by atoms with E-state index in [1.165, 1.54) is 11.0 Å². The van der Waals surface area contributed by atoms with Crippen molar-refractivity contribution in [3.63, 3.8) is 0 Å². The minimum absolute atomic E-state index is 0.00325. The smallest absolute Gasteiger partial charge is 0.358 e. The minimum Gasteiger partial charge on any atom is -0.476 e. The molecule has 2 heterocycles. The van der Waals surface area contributed by atoms with Gasteiger partial charge in [0.25, 0.3) is 0 Å². The molecule has 0 amide bonds. The van der Waals surface area contributed by atoms with Gasteiger partial charge in [-0.25, -0.2) is 4.79 Å². The van der Waals surface area contributed by atoms with Crippen molar-refractivity contribution in [3.05, 3.63) is 11.9 Å². The summed E-state index contributed by atoms with van der Waals surface area (Å²) in [7, 11) is 0. The van der Waals surface area contributed by atoms with Crippen LogP contribution in [0.25, 0.3) is 0 Å². The minimum atomic E-state index is -1.04. The molecule has 2 rings (SSSR count). The van der Waals surface area contributed by atoms with Crippen LogP contribution < -0.4 is 0 Å². The van der Waals surface area contributed by atoms with Crippen LogP contribution in [0.3, 0.4) is 0 Å². The van der Waals surface area contributed by atoms with Gasteiger partial charge >= 0.3 is 5.97 Å². The van der Waals surface area contributed by atoms with Crippen LogP contribution in [-0.2, 0) is 4.74 Å². The lowest BCUT2D eigenvalue weighted by atomic mass is 10.1. The summed E-state index contributed by atoms with van der Waals surface area (Å²) in [6.07, 6.45) is 2.96. The summed E-state index contributed by atoms with van der Waals surface area (Å²) in [5, 5.41) is 16.5. The Hall–Kier alpha value is -1.43. The standard InChI is InChI=1S/C8H11N3O3/c12-8(13)7-5-9-11(10-7)6-1-3-14-4-2-6/h5-6H,1-4H2,(H,12,13). The van der Waals surface area contributed by atoms with E-state index in [1.807, 2.05) is 0 Å². The van der Waals surface area contributed by atoms with Crippen molar-refractivity contribution in [2.24, 2.45) is 0 Å². The molecule has 0 bridgehead atoms. The molecule has 1 N–H and O–H groups in total. The highest BCUT2D eigenvalue weighted by molar-refractivity contribution is 5.84. The first kappa shape index (κ1) is 9.14. The average molecular weight is 197 g/mol. The third-order valence-electron chi connectivity index (χ3n) is 2.25. The van der Waals surface area contributed by atoms with E-state index in [2.05, 4.69) is 10.2 Å². The van der Waals surface area contributed by atoms with E-state index in [9.17, 15) is 4.79 Å². The molecule has 6 heteroatoms. The average Bonchev–Trinajstić information content (AvgIpc) is 2.68. The lowest BCUT2D eigenvalue weighted by molar-refractivity contribution is 0.0611. The van der Waals surface area contributed by atoms with E-state index < -0.39 is 5.97 Å². The fourth-order valence-corrected chi connectivity index (χ4v) is 1.47. The summed E-state index contributed by atoms with van der Waals surface area (Å²) in [4.78, 5) is 12.0.